The summed E-state index contributed by atoms with van der Waals surface area (Å²) in [5.41, 5.74) is 0.515. The molecule has 2 rings (SSSR count). The number of cyclic esters (lactones) is 1. The minimum absolute atomic E-state index is 0.370. The Labute approximate surface area is 85.8 Å². The molecule has 0 spiro atoms. The first-order valence-corrected chi connectivity index (χ1v) is 4.49. The van der Waals surface area contributed by atoms with Gasteiger partial charge in [-0.1, -0.05) is 12.1 Å². The van der Waals surface area contributed by atoms with Crippen LogP contribution >= 0.6 is 0 Å². The molecule has 1 N–H and O–H groups in total. The Morgan fingerprint density at radius 2 is 2.00 bits per heavy atom. The number of aliphatic hydroxyl groups is 1. The highest BCUT2D eigenvalue weighted by Gasteiger charge is 2.25. The summed E-state index contributed by atoms with van der Waals surface area (Å²) < 4.78 is 17.4. The van der Waals surface area contributed by atoms with Gasteiger partial charge in [-0.15, -0.1) is 0 Å². The molecule has 1 aromatic carbocycles. The fourth-order valence-electron chi connectivity index (χ4n) is 1.41. The standard InChI is InChI=1S/C11H9FO3/c12-8-3-1-7(2-4-8)11(14)9-5-6-10(13)15-9/h1-6,9,11,14H/t9-,11+/m0/s1. The third-order valence-corrected chi connectivity index (χ3v) is 2.20. The van der Waals surface area contributed by atoms with E-state index in [1.807, 2.05) is 0 Å². The molecular formula is C11H9FO3. The van der Waals surface area contributed by atoms with Crippen LogP contribution in [-0.2, 0) is 9.53 Å². The van der Waals surface area contributed by atoms with Crippen molar-refractivity contribution in [2.45, 2.75) is 12.2 Å². The Bertz CT molecular complexity index is 397. The van der Waals surface area contributed by atoms with Crippen LogP contribution in [0.25, 0.3) is 0 Å². The molecule has 0 radical (unpaired) electrons. The molecule has 1 aliphatic rings. The van der Waals surface area contributed by atoms with Gasteiger partial charge in [0, 0.05) is 6.08 Å². The van der Waals surface area contributed by atoms with Crippen LogP contribution < -0.4 is 0 Å². The van der Waals surface area contributed by atoms with E-state index < -0.39 is 18.2 Å². The Morgan fingerprint density at radius 1 is 1.33 bits per heavy atom. The number of aliphatic hydroxyl groups excluding tert-OH is 1. The van der Waals surface area contributed by atoms with E-state index in [4.69, 9.17) is 4.74 Å². The van der Waals surface area contributed by atoms with E-state index in [1.165, 1.54) is 36.4 Å². The van der Waals surface area contributed by atoms with Gasteiger partial charge in [0.15, 0.2) is 6.10 Å². The van der Waals surface area contributed by atoms with E-state index in [0.29, 0.717) is 5.56 Å². The minimum atomic E-state index is -0.951. The second-order valence-corrected chi connectivity index (χ2v) is 3.26. The molecule has 1 aliphatic heterocycles. The Kier molecular flexibility index (Phi) is 2.51. The van der Waals surface area contributed by atoms with Gasteiger partial charge < -0.3 is 9.84 Å². The zero-order valence-electron chi connectivity index (χ0n) is 7.76. The molecule has 3 nitrogen and oxygen atoms in total. The lowest BCUT2D eigenvalue weighted by molar-refractivity contribution is -0.142. The van der Waals surface area contributed by atoms with Gasteiger partial charge in [-0.2, -0.15) is 0 Å². The smallest absolute Gasteiger partial charge is 0.331 e. The molecule has 0 saturated heterocycles. The monoisotopic (exact) mass is 208 g/mol. The summed E-state index contributed by atoms with van der Waals surface area (Å²) >= 11 is 0. The molecule has 0 amide bonds. The number of carbonyl (C=O) groups excluding carboxylic acids is 1. The molecule has 15 heavy (non-hydrogen) atoms. The highest BCUT2D eigenvalue weighted by molar-refractivity contribution is 5.84. The summed E-state index contributed by atoms with van der Waals surface area (Å²) in [6, 6.07) is 5.41. The lowest BCUT2D eigenvalue weighted by Crippen LogP contribution is -2.18. The molecule has 2 atom stereocenters. The lowest BCUT2D eigenvalue weighted by atomic mass is 10.0. The van der Waals surface area contributed by atoms with Crippen molar-refractivity contribution >= 4 is 5.97 Å². The van der Waals surface area contributed by atoms with Gasteiger partial charge in [0.25, 0.3) is 0 Å². The van der Waals surface area contributed by atoms with Crippen LogP contribution in [0.15, 0.2) is 36.4 Å². The number of benzene rings is 1. The molecule has 0 bridgehead atoms. The molecule has 78 valence electrons. The van der Waals surface area contributed by atoms with Gasteiger partial charge >= 0.3 is 5.97 Å². The molecule has 4 heteroatoms. The Hall–Kier alpha value is -1.68. The molecule has 1 aromatic rings. The van der Waals surface area contributed by atoms with Crippen LogP contribution in [0.3, 0.4) is 0 Å². The third-order valence-electron chi connectivity index (χ3n) is 2.20. The lowest BCUT2D eigenvalue weighted by Gasteiger charge is -2.16. The highest BCUT2D eigenvalue weighted by atomic mass is 19.1. The molecular weight excluding hydrogens is 199 g/mol. The normalized spacial score (nSPS) is 21.5. The quantitative estimate of drug-likeness (QED) is 0.746. The summed E-state index contributed by atoms with van der Waals surface area (Å²) in [6.45, 7) is 0. The molecule has 0 aliphatic carbocycles. The third kappa shape index (κ3) is 2.05. The van der Waals surface area contributed by atoms with Crippen molar-refractivity contribution in [2.24, 2.45) is 0 Å². The van der Waals surface area contributed by atoms with E-state index in [0.717, 1.165) is 0 Å². The van der Waals surface area contributed by atoms with Crippen molar-refractivity contribution < 1.29 is 19.0 Å². The van der Waals surface area contributed by atoms with Crippen LogP contribution in [0.2, 0.25) is 0 Å². The van der Waals surface area contributed by atoms with Gasteiger partial charge in [-0.05, 0) is 23.8 Å². The zero-order chi connectivity index (χ0) is 10.8. The second kappa shape index (κ2) is 3.82. The molecule has 1 heterocycles. The highest BCUT2D eigenvalue weighted by Crippen LogP contribution is 2.23. The van der Waals surface area contributed by atoms with Gasteiger partial charge in [-0.25, -0.2) is 9.18 Å². The number of halogens is 1. The Balaban J connectivity index is 2.14. The first-order valence-electron chi connectivity index (χ1n) is 4.49. The van der Waals surface area contributed by atoms with Gasteiger partial charge in [0.1, 0.15) is 11.9 Å². The maximum Gasteiger partial charge on any atom is 0.331 e. The van der Waals surface area contributed by atoms with Crippen LogP contribution in [0.1, 0.15) is 11.7 Å². The largest absolute Gasteiger partial charge is 0.452 e. The Morgan fingerprint density at radius 3 is 2.53 bits per heavy atom. The average molecular weight is 208 g/mol. The SMILES string of the molecule is O=C1C=C[C@@H]([C@H](O)c2ccc(F)cc2)O1. The molecule has 0 saturated carbocycles. The maximum absolute atomic E-state index is 12.6. The first-order chi connectivity index (χ1) is 7.16. The predicted molar refractivity (Wildman–Crippen MR) is 50.4 cm³/mol. The number of carbonyl (C=O) groups is 1. The van der Waals surface area contributed by atoms with Crippen molar-refractivity contribution in [1.82, 2.24) is 0 Å². The van der Waals surface area contributed by atoms with Crippen molar-refractivity contribution in [1.29, 1.82) is 0 Å². The minimum Gasteiger partial charge on any atom is -0.452 e. The molecule has 0 fully saturated rings. The maximum atomic E-state index is 12.6. The average Bonchev–Trinajstić information content (AvgIpc) is 2.65. The zero-order valence-corrected chi connectivity index (χ0v) is 7.76. The molecule has 0 unspecified atom stereocenters. The van der Waals surface area contributed by atoms with Crippen molar-refractivity contribution in [3.63, 3.8) is 0 Å². The fraction of sp³-hybridized carbons (Fsp3) is 0.182. The summed E-state index contributed by atoms with van der Waals surface area (Å²) in [4.78, 5) is 10.8. The molecule has 0 aromatic heterocycles. The van der Waals surface area contributed by atoms with Crippen LogP contribution in [0, 0.1) is 5.82 Å². The number of ether oxygens (including phenoxy) is 1. The van der Waals surface area contributed by atoms with E-state index in [2.05, 4.69) is 0 Å². The van der Waals surface area contributed by atoms with Crippen molar-refractivity contribution in [2.75, 3.05) is 0 Å². The fourth-order valence-corrected chi connectivity index (χ4v) is 1.41. The second-order valence-electron chi connectivity index (χ2n) is 3.26. The van der Waals surface area contributed by atoms with E-state index in [1.54, 1.807) is 0 Å². The summed E-state index contributed by atoms with van der Waals surface area (Å²) in [5, 5.41) is 9.78. The van der Waals surface area contributed by atoms with Gasteiger partial charge in [0.05, 0.1) is 0 Å². The van der Waals surface area contributed by atoms with Crippen LogP contribution in [-0.4, -0.2) is 17.2 Å². The van der Waals surface area contributed by atoms with Gasteiger partial charge in [-0.3, -0.25) is 0 Å². The number of hydrogen-bond donors (Lipinski definition) is 1. The summed E-state index contributed by atoms with van der Waals surface area (Å²) in [6.07, 6.45) is 1.12. The van der Waals surface area contributed by atoms with Crippen LogP contribution in [0.4, 0.5) is 4.39 Å². The number of hydrogen-bond acceptors (Lipinski definition) is 3. The topological polar surface area (TPSA) is 46.5 Å². The first kappa shape index (κ1) is 9.86. The summed E-state index contributed by atoms with van der Waals surface area (Å²) in [5.74, 6) is -0.842. The van der Waals surface area contributed by atoms with Crippen LogP contribution in [0.5, 0.6) is 0 Å². The predicted octanol–water partition coefficient (Wildman–Crippen LogP) is 1.34. The van der Waals surface area contributed by atoms with Crippen molar-refractivity contribution in [3.8, 4) is 0 Å². The summed E-state index contributed by atoms with van der Waals surface area (Å²) in [7, 11) is 0. The number of esters is 1. The number of rotatable bonds is 2. The van der Waals surface area contributed by atoms with E-state index >= 15 is 0 Å². The van der Waals surface area contributed by atoms with E-state index in [9.17, 15) is 14.3 Å². The van der Waals surface area contributed by atoms with E-state index in [-0.39, 0.29) is 5.82 Å². The van der Waals surface area contributed by atoms with Gasteiger partial charge in [0.2, 0.25) is 0 Å². The van der Waals surface area contributed by atoms with Crippen molar-refractivity contribution in [3.05, 3.63) is 47.8 Å².